The van der Waals surface area contributed by atoms with E-state index < -0.39 is 10.0 Å². The molecule has 0 fully saturated rings. The summed E-state index contributed by atoms with van der Waals surface area (Å²) < 4.78 is 35.7. The molecular weight excluding hydrogens is 372 g/mol. The monoisotopic (exact) mass is 392 g/mol. The molecule has 0 bridgehead atoms. The lowest BCUT2D eigenvalue weighted by molar-refractivity contribution is 0.414. The Hall–Kier alpha value is -2.16. The molecule has 0 amide bonds. The highest BCUT2D eigenvalue weighted by molar-refractivity contribution is 7.89. The molecule has 0 radical (unpaired) electrons. The topological polar surface area (TPSA) is 77.4 Å². The molecule has 1 atom stereocenters. The van der Waals surface area contributed by atoms with E-state index >= 15 is 0 Å². The van der Waals surface area contributed by atoms with E-state index in [1.807, 2.05) is 19.1 Å². The number of hydrogen-bond donors (Lipinski definition) is 1. The summed E-state index contributed by atoms with van der Waals surface area (Å²) in [5, 5.41) is 0. The van der Waals surface area contributed by atoms with E-state index in [0.717, 1.165) is 28.2 Å². The summed E-state index contributed by atoms with van der Waals surface area (Å²) in [6.07, 6.45) is 0.604. The first kappa shape index (κ1) is 18.6. The number of fused-ring (bicyclic) bond motifs is 1. The first-order valence-electron chi connectivity index (χ1n) is 8.11. The van der Waals surface area contributed by atoms with Gasteiger partial charge < -0.3 is 9.30 Å². The lowest BCUT2D eigenvalue weighted by Crippen LogP contribution is -2.28. The fourth-order valence-electron chi connectivity index (χ4n) is 2.76. The molecule has 8 heteroatoms. The van der Waals surface area contributed by atoms with Gasteiger partial charge in [-0.1, -0.05) is 30.4 Å². The van der Waals surface area contributed by atoms with Crippen LogP contribution in [-0.2, 0) is 17.1 Å². The Morgan fingerprint density at radius 2 is 1.88 bits per heavy atom. The molecule has 3 aromatic rings. The van der Waals surface area contributed by atoms with Crippen LogP contribution in [0, 0.1) is 0 Å². The van der Waals surface area contributed by atoms with Crippen LogP contribution in [0.2, 0.25) is 0 Å². The zero-order chi connectivity index (χ0) is 18.9. The van der Waals surface area contributed by atoms with Crippen LogP contribution in [0.1, 0.15) is 24.9 Å². The minimum absolute atomic E-state index is 0.118. The molecule has 0 aliphatic heterocycles. The van der Waals surface area contributed by atoms with Crippen LogP contribution >= 0.6 is 11.3 Å². The van der Waals surface area contributed by atoms with Gasteiger partial charge in [-0.3, -0.25) is 4.79 Å². The van der Waals surface area contributed by atoms with Crippen LogP contribution in [0.3, 0.4) is 0 Å². The number of nitrogens with zero attached hydrogens (tertiary/aromatic N) is 1. The maximum atomic E-state index is 12.8. The summed E-state index contributed by atoms with van der Waals surface area (Å²) in [7, 11) is -0.459. The zero-order valence-electron chi connectivity index (χ0n) is 14.7. The Morgan fingerprint density at radius 3 is 2.50 bits per heavy atom. The van der Waals surface area contributed by atoms with Crippen molar-refractivity contribution < 1.29 is 13.2 Å². The molecule has 1 heterocycles. The number of sulfonamides is 1. The standard InChI is InChI=1S/C18H20N2O4S2/c1-4-15(12-5-7-13(24-3)8-6-12)19-26(22,23)14-9-10-16-17(11-14)25-18(21)20(16)2/h5-11,15,19H,4H2,1-3H3. The number of rotatable bonds is 6. The van der Waals surface area contributed by atoms with Crippen LogP contribution in [0.25, 0.3) is 10.2 Å². The van der Waals surface area contributed by atoms with Crippen LogP contribution in [-0.4, -0.2) is 20.1 Å². The van der Waals surface area contributed by atoms with Crippen molar-refractivity contribution >= 4 is 31.6 Å². The van der Waals surface area contributed by atoms with Gasteiger partial charge >= 0.3 is 4.87 Å². The number of methoxy groups -OCH3 is 1. The Labute approximate surface area is 156 Å². The molecule has 6 nitrogen and oxygen atoms in total. The molecule has 0 aliphatic rings. The van der Waals surface area contributed by atoms with E-state index in [1.165, 1.54) is 10.6 Å². The Morgan fingerprint density at radius 1 is 1.19 bits per heavy atom. The van der Waals surface area contributed by atoms with Gasteiger partial charge in [0.15, 0.2) is 0 Å². The molecule has 0 spiro atoms. The second kappa shape index (κ2) is 7.22. The number of benzene rings is 2. The maximum Gasteiger partial charge on any atom is 0.307 e. The van der Waals surface area contributed by atoms with Gasteiger partial charge in [-0.15, -0.1) is 0 Å². The van der Waals surface area contributed by atoms with E-state index in [1.54, 1.807) is 38.4 Å². The average molecular weight is 393 g/mol. The molecule has 138 valence electrons. The van der Waals surface area contributed by atoms with Crippen molar-refractivity contribution in [3.63, 3.8) is 0 Å². The van der Waals surface area contributed by atoms with Crippen molar-refractivity contribution in [3.05, 3.63) is 57.7 Å². The number of hydrogen-bond acceptors (Lipinski definition) is 5. The molecule has 0 saturated heterocycles. The smallest absolute Gasteiger partial charge is 0.307 e. The minimum atomic E-state index is -3.72. The Bertz CT molecular complexity index is 1080. The number of nitrogens with one attached hydrogen (secondary N) is 1. The third kappa shape index (κ3) is 3.53. The summed E-state index contributed by atoms with van der Waals surface area (Å²) in [6.45, 7) is 1.92. The largest absolute Gasteiger partial charge is 0.497 e. The Kier molecular flexibility index (Phi) is 5.17. The second-order valence-corrected chi connectivity index (χ2v) is 8.62. The minimum Gasteiger partial charge on any atom is -0.497 e. The van der Waals surface area contributed by atoms with Crippen LogP contribution in [0.15, 0.2) is 52.2 Å². The molecule has 0 aliphatic carbocycles. The number of aromatic nitrogens is 1. The zero-order valence-corrected chi connectivity index (χ0v) is 16.4. The fraction of sp³-hybridized carbons (Fsp3) is 0.278. The second-order valence-electron chi connectivity index (χ2n) is 5.91. The van der Waals surface area contributed by atoms with E-state index in [2.05, 4.69) is 4.72 Å². The summed E-state index contributed by atoms with van der Waals surface area (Å²) in [5.41, 5.74) is 1.59. The van der Waals surface area contributed by atoms with Crippen molar-refractivity contribution in [3.8, 4) is 5.75 Å². The van der Waals surface area contributed by atoms with Crippen LogP contribution in [0.4, 0.5) is 0 Å². The number of thiazole rings is 1. The summed E-state index contributed by atoms with van der Waals surface area (Å²) >= 11 is 1.04. The Balaban J connectivity index is 1.92. The van der Waals surface area contributed by atoms with Gasteiger partial charge in [0.2, 0.25) is 10.0 Å². The van der Waals surface area contributed by atoms with Gasteiger partial charge in [-0.05, 0) is 42.3 Å². The highest BCUT2D eigenvalue weighted by atomic mass is 32.2. The van der Waals surface area contributed by atoms with Gasteiger partial charge in [-0.2, -0.15) is 0 Å². The van der Waals surface area contributed by atoms with Crippen molar-refractivity contribution in [2.24, 2.45) is 7.05 Å². The normalized spacial score (nSPS) is 13.0. The van der Waals surface area contributed by atoms with Crippen molar-refractivity contribution in [2.45, 2.75) is 24.3 Å². The quantitative estimate of drug-likeness (QED) is 0.699. The predicted octanol–water partition coefficient (Wildman–Crippen LogP) is 3.04. The third-order valence-electron chi connectivity index (χ3n) is 4.30. The van der Waals surface area contributed by atoms with Crippen LogP contribution in [0.5, 0.6) is 5.75 Å². The highest BCUT2D eigenvalue weighted by Gasteiger charge is 2.21. The van der Waals surface area contributed by atoms with E-state index in [4.69, 9.17) is 4.74 Å². The fourth-order valence-corrected chi connectivity index (χ4v) is 5.09. The maximum absolute atomic E-state index is 12.8. The van der Waals surface area contributed by atoms with Gasteiger partial charge in [0.25, 0.3) is 0 Å². The van der Waals surface area contributed by atoms with Gasteiger partial charge in [0.05, 0.1) is 22.2 Å². The van der Waals surface area contributed by atoms with E-state index in [-0.39, 0.29) is 15.8 Å². The van der Waals surface area contributed by atoms with E-state index in [9.17, 15) is 13.2 Å². The summed E-state index contributed by atoms with van der Waals surface area (Å²) in [5.74, 6) is 0.718. The molecule has 1 N–H and O–H groups in total. The lowest BCUT2D eigenvalue weighted by atomic mass is 10.1. The van der Waals surface area contributed by atoms with Crippen molar-refractivity contribution in [1.82, 2.24) is 9.29 Å². The first-order valence-corrected chi connectivity index (χ1v) is 10.4. The lowest BCUT2D eigenvalue weighted by Gasteiger charge is -2.18. The van der Waals surface area contributed by atoms with Crippen molar-refractivity contribution in [1.29, 1.82) is 0 Å². The molecule has 1 unspecified atom stereocenters. The van der Waals surface area contributed by atoms with Crippen LogP contribution < -0.4 is 14.3 Å². The van der Waals surface area contributed by atoms with E-state index in [0.29, 0.717) is 11.1 Å². The molecule has 0 saturated carbocycles. The van der Waals surface area contributed by atoms with Crippen molar-refractivity contribution in [2.75, 3.05) is 7.11 Å². The summed E-state index contributed by atoms with van der Waals surface area (Å²) in [4.78, 5) is 11.8. The number of aryl methyl sites for hydroxylation is 1. The molecule has 1 aromatic heterocycles. The SMILES string of the molecule is CCC(NS(=O)(=O)c1ccc2c(c1)sc(=O)n2C)c1ccc(OC)cc1. The summed E-state index contributed by atoms with van der Waals surface area (Å²) in [6, 6.07) is 11.7. The predicted molar refractivity (Wildman–Crippen MR) is 103 cm³/mol. The van der Waals surface area contributed by atoms with Gasteiger partial charge in [-0.25, -0.2) is 13.1 Å². The average Bonchev–Trinajstić information content (AvgIpc) is 2.93. The molecule has 2 aromatic carbocycles. The highest BCUT2D eigenvalue weighted by Crippen LogP contribution is 2.25. The molecule has 26 heavy (non-hydrogen) atoms. The molecule has 3 rings (SSSR count). The van der Waals surface area contributed by atoms with Gasteiger partial charge in [0.1, 0.15) is 5.75 Å². The molecular formula is C18H20N2O4S2. The first-order chi connectivity index (χ1) is 12.4. The van der Waals surface area contributed by atoms with Gasteiger partial charge in [0, 0.05) is 13.1 Å². The number of ether oxygens (including phenoxy) is 1. The third-order valence-corrected chi connectivity index (χ3v) is 6.76.